The number of carbonyl (C=O) groups is 1. The van der Waals surface area contributed by atoms with Crippen LogP contribution in [0.3, 0.4) is 0 Å². The Balaban J connectivity index is 2.05. The summed E-state index contributed by atoms with van der Waals surface area (Å²) in [6, 6.07) is 4.22. The standard InChI is InChI=1S/C11H12N2OS/c1-8-2-3-15-10(8)7-13-6-9(5-12)4-11(13)14/h2-3,9H,4,6-7H2,1H3. The third-order valence-corrected chi connectivity index (χ3v) is 3.71. The summed E-state index contributed by atoms with van der Waals surface area (Å²) >= 11 is 1.67. The summed E-state index contributed by atoms with van der Waals surface area (Å²) in [5, 5.41) is 10.8. The molecule has 1 atom stereocenters. The summed E-state index contributed by atoms with van der Waals surface area (Å²) in [6.45, 7) is 3.31. The first kappa shape index (κ1) is 10.2. The van der Waals surface area contributed by atoms with Crippen molar-refractivity contribution < 1.29 is 4.79 Å². The van der Waals surface area contributed by atoms with Gasteiger partial charge in [0.05, 0.1) is 18.5 Å². The lowest BCUT2D eigenvalue weighted by atomic mass is 10.1. The van der Waals surface area contributed by atoms with Crippen molar-refractivity contribution >= 4 is 17.2 Å². The lowest BCUT2D eigenvalue weighted by molar-refractivity contribution is -0.128. The fourth-order valence-corrected chi connectivity index (χ4v) is 2.67. The smallest absolute Gasteiger partial charge is 0.224 e. The van der Waals surface area contributed by atoms with Crippen molar-refractivity contribution in [1.29, 1.82) is 5.26 Å². The van der Waals surface area contributed by atoms with Gasteiger partial charge in [-0.1, -0.05) is 0 Å². The molecule has 0 aliphatic carbocycles. The van der Waals surface area contributed by atoms with Gasteiger partial charge in [-0.2, -0.15) is 5.26 Å². The van der Waals surface area contributed by atoms with Gasteiger partial charge in [-0.3, -0.25) is 4.79 Å². The molecule has 1 aliphatic heterocycles. The molecule has 1 aromatic heterocycles. The normalized spacial score (nSPS) is 20.7. The molecule has 1 saturated heterocycles. The topological polar surface area (TPSA) is 44.1 Å². The van der Waals surface area contributed by atoms with Gasteiger partial charge in [0.2, 0.25) is 5.91 Å². The molecule has 3 nitrogen and oxygen atoms in total. The predicted octanol–water partition coefficient (Wildman–Crippen LogP) is 1.93. The SMILES string of the molecule is Cc1ccsc1CN1CC(C#N)CC1=O. The van der Waals surface area contributed by atoms with Crippen LogP contribution in [-0.4, -0.2) is 17.4 Å². The first-order valence-electron chi connectivity index (χ1n) is 4.91. The number of hydrogen-bond acceptors (Lipinski definition) is 3. The third kappa shape index (κ3) is 2.02. The number of aryl methyl sites for hydroxylation is 1. The molecule has 1 fully saturated rings. The highest BCUT2D eigenvalue weighted by molar-refractivity contribution is 7.10. The summed E-state index contributed by atoms with van der Waals surface area (Å²) in [6.07, 6.45) is 0.390. The van der Waals surface area contributed by atoms with Gasteiger partial charge in [-0.05, 0) is 23.9 Å². The van der Waals surface area contributed by atoms with Gasteiger partial charge in [-0.15, -0.1) is 11.3 Å². The number of carbonyl (C=O) groups excluding carboxylic acids is 1. The monoisotopic (exact) mass is 220 g/mol. The molecule has 0 bridgehead atoms. The highest BCUT2D eigenvalue weighted by atomic mass is 32.1. The molecular formula is C11H12N2OS. The van der Waals surface area contributed by atoms with Crippen LogP contribution in [0.15, 0.2) is 11.4 Å². The zero-order valence-corrected chi connectivity index (χ0v) is 9.38. The third-order valence-electron chi connectivity index (χ3n) is 2.70. The Kier molecular flexibility index (Phi) is 2.74. The van der Waals surface area contributed by atoms with E-state index in [0.29, 0.717) is 19.5 Å². The van der Waals surface area contributed by atoms with E-state index in [-0.39, 0.29) is 11.8 Å². The summed E-state index contributed by atoms with van der Waals surface area (Å²) in [4.78, 5) is 14.6. The molecule has 0 N–H and O–H groups in total. The molecule has 0 saturated carbocycles. The van der Waals surface area contributed by atoms with E-state index >= 15 is 0 Å². The molecule has 15 heavy (non-hydrogen) atoms. The second kappa shape index (κ2) is 4.03. The Labute approximate surface area is 92.9 Å². The summed E-state index contributed by atoms with van der Waals surface area (Å²) in [7, 11) is 0. The number of likely N-dealkylation sites (tertiary alicyclic amines) is 1. The number of amides is 1. The minimum atomic E-state index is -0.113. The highest BCUT2D eigenvalue weighted by Gasteiger charge is 2.29. The van der Waals surface area contributed by atoms with Crippen LogP contribution in [0.1, 0.15) is 16.9 Å². The number of hydrogen-bond donors (Lipinski definition) is 0. The van der Waals surface area contributed by atoms with E-state index in [1.54, 1.807) is 16.2 Å². The number of nitrogens with zero attached hydrogens (tertiary/aromatic N) is 2. The molecule has 0 radical (unpaired) electrons. The van der Waals surface area contributed by atoms with Crippen molar-refractivity contribution in [2.45, 2.75) is 19.9 Å². The van der Waals surface area contributed by atoms with Crippen molar-refractivity contribution in [3.8, 4) is 6.07 Å². The van der Waals surface area contributed by atoms with Crippen molar-refractivity contribution in [2.75, 3.05) is 6.54 Å². The van der Waals surface area contributed by atoms with Gasteiger partial charge in [0, 0.05) is 17.8 Å². The van der Waals surface area contributed by atoms with Crippen LogP contribution in [0.5, 0.6) is 0 Å². The quantitative estimate of drug-likeness (QED) is 0.764. The minimum Gasteiger partial charge on any atom is -0.336 e. The molecule has 0 spiro atoms. The van der Waals surface area contributed by atoms with Crippen molar-refractivity contribution in [1.82, 2.24) is 4.90 Å². The maximum Gasteiger partial charge on any atom is 0.224 e. The van der Waals surface area contributed by atoms with E-state index in [2.05, 4.69) is 12.1 Å². The average Bonchev–Trinajstić information content (AvgIpc) is 2.76. The molecule has 1 aliphatic rings. The number of rotatable bonds is 2. The Bertz CT molecular complexity index is 418. The maximum absolute atomic E-state index is 11.6. The largest absolute Gasteiger partial charge is 0.336 e. The van der Waals surface area contributed by atoms with E-state index in [1.807, 2.05) is 12.3 Å². The van der Waals surface area contributed by atoms with E-state index in [0.717, 1.165) is 0 Å². The average molecular weight is 220 g/mol. The van der Waals surface area contributed by atoms with Gasteiger partial charge < -0.3 is 4.90 Å². The van der Waals surface area contributed by atoms with E-state index in [9.17, 15) is 4.79 Å². The lowest BCUT2D eigenvalue weighted by Gasteiger charge is -2.14. The summed E-state index contributed by atoms with van der Waals surface area (Å²) in [5.74, 6) is -0.00730. The number of nitriles is 1. The van der Waals surface area contributed by atoms with Crippen LogP contribution >= 0.6 is 11.3 Å². The molecular weight excluding hydrogens is 208 g/mol. The number of thiophene rings is 1. The van der Waals surface area contributed by atoms with Crippen LogP contribution in [0, 0.1) is 24.2 Å². The Hall–Kier alpha value is -1.34. The molecule has 1 aromatic rings. The van der Waals surface area contributed by atoms with E-state index in [1.165, 1.54) is 10.4 Å². The Morgan fingerprint density at radius 2 is 2.53 bits per heavy atom. The summed E-state index contributed by atoms with van der Waals surface area (Å²) in [5.41, 5.74) is 1.23. The molecule has 4 heteroatoms. The first-order chi connectivity index (χ1) is 7.20. The molecule has 0 aromatic carbocycles. The molecule has 2 rings (SSSR count). The molecule has 2 heterocycles. The molecule has 78 valence electrons. The fourth-order valence-electron chi connectivity index (χ4n) is 1.75. The summed E-state index contributed by atoms with van der Waals surface area (Å²) < 4.78 is 0. The van der Waals surface area contributed by atoms with Gasteiger partial charge in [0.25, 0.3) is 0 Å². The van der Waals surface area contributed by atoms with Gasteiger partial charge >= 0.3 is 0 Å². The predicted molar refractivity (Wildman–Crippen MR) is 58.2 cm³/mol. The highest BCUT2D eigenvalue weighted by Crippen LogP contribution is 2.23. The maximum atomic E-state index is 11.6. The van der Waals surface area contributed by atoms with Crippen molar-refractivity contribution in [3.63, 3.8) is 0 Å². The van der Waals surface area contributed by atoms with Crippen molar-refractivity contribution in [3.05, 3.63) is 21.9 Å². The van der Waals surface area contributed by atoms with Gasteiger partial charge in [0.15, 0.2) is 0 Å². The fraction of sp³-hybridized carbons (Fsp3) is 0.455. The Morgan fingerprint density at radius 1 is 1.73 bits per heavy atom. The van der Waals surface area contributed by atoms with Crippen LogP contribution < -0.4 is 0 Å². The van der Waals surface area contributed by atoms with Gasteiger partial charge in [-0.25, -0.2) is 0 Å². The van der Waals surface area contributed by atoms with Crippen LogP contribution in [0.4, 0.5) is 0 Å². The second-order valence-corrected chi connectivity index (χ2v) is 4.83. The molecule has 1 unspecified atom stereocenters. The van der Waals surface area contributed by atoms with E-state index < -0.39 is 0 Å². The lowest BCUT2D eigenvalue weighted by Crippen LogP contribution is -2.24. The zero-order valence-electron chi connectivity index (χ0n) is 8.56. The zero-order chi connectivity index (χ0) is 10.8. The molecule has 1 amide bonds. The van der Waals surface area contributed by atoms with E-state index in [4.69, 9.17) is 5.26 Å². The Morgan fingerprint density at radius 3 is 3.07 bits per heavy atom. The minimum absolute atomic E-state index is 0.106. The van der Waals surface area contributed by atoms with Crippen molar-refractivity contribution in [2.24, 2.45) is 5.92 Å². The second-order valence-electron chi connectivity index (χ2n) is 3.83. The van der Waals surface area contributed by atoms with Gasteiger partial charge in [0.1, 0.15) is 0 Å². The van der Waals surface area contributed by atoms with Crippen LogP contribution in [-0.2, 0) is 11.3 Å². The van der Waals surface area contributed by atoms with Crippen LogP contribution in [0.25, 0.3) is 0 Å². The van der Waals surface area contributed by atoms with Crippen LogP contribution in [0.2, 0.25) is 0 Å². The first-order valence-corrected chi connectivity index (χ1v) is 5.79.